The molecule has 0 atom stereocenters. The van der Waals surface area contributed by atoms with Gasteiger partial charge in [-0.05, 0) is 30.5 Å². The van der Waals surface area contributed by atoms with E-state index < -0.39 is 0 Å². The summed E-state index contributed by atoms with van der Waals surface area (Å²) in [4.78, 5) is 16.3. The molecule has 2 N–H and O–H groups in total. The molecular weight excluding hydrogens is 262 g/mol. The topological polar surface area (TPSA) is 54.0 Å². The van der Waals surface area contributed by atoms with E-state index in [1.54, 1.807) is 0 Å². The highest BCUT2D eigenvalue weighted by molar-refractivity contribution is 5.81. The van der Waals surface area contributed by atoms with Gasteiger partial charge in [-0.2, -0.15) is 0 Å². The number of benzene rings is 1. The van der Waals surface area contributed by atoms with E-state index in [1.807, 2.05) is 25.1 Å². The van der Waals surface area contributed by atoms with Crippen molar-refractivity contribution in [2.75, 3.05) is 18.4 Å². The number of nitrogens with zero attached hydrogens (tertiary/aromatic N) is 1. The van der Waals surface area contributed by atoms with Crippen molar-refractivity contribution in [3.63, 3.8) is 0 Å². The van der Waals surface area contributed by atoms with Crippen LogP contribution in [0.25, 0.3) is 10.9 Å². The Hall–Kier alpha value is -2.10. The Balaban J connectivity index is 1.91. The van der Waals surface area contributed by atoms with Gasteiger partial charge in [-0.25, -0.2) is 4.98 Å². The number of anilines is 1. The van der Waals surface area contributed by atoms with Gasteiger partial charge in [0.1, 0.15) is 5.82 Å². The van der Waals surface area contributed by atoms with Crippen LogP contribution in [0.3, 0.4) is 0 Å². The first kappa shape index (κ1) is 15.3. The van der Waals surface area contributed by atoms with Gasteiger partial charge in [0.2, 0.25) is 5.91 Å². The lowest BCUT2D eigenvalue weighted by atomic mass is 10.1. The molecule has 4 nitrogen and oxygen atoms in total. The average molecular weight is 285 g/mol. The maximum absolute atomic E-state index is 11.7. The van der Waals surface area contributed by atoms with E-state index in [9.17, 15) is 4.79 Å². The smallest absolute Gasteiger partial charge is 0.221 e. The highest BCUT2D eigenvalue weighted by Gasteiger charge is 2.05. The maximum atomic E-state index is 11.7. The van der Waals surface area contributed by atoms with Crippen LogP contribution < -0.4 is 10.6 Å². The number of nitrogens with one attached hydrogen (secondary N) is 2. The number of para-hydroxylation sites is 1. The predicted molar refractivity (Wildman–Crippen MR) is 87.4 cm³/mol. The van der Waals surface area contributed by atoms with Gasteiger partial charge in [-0.15, -0.1) is 0 Å². The zero-order valence-corrected chi connectivity index (χ0v) is 12.9. The van der Waals surface area contributed by atoms with Gasteiger partial charge in [0.05, 0.1) is 5.52 Å². The summed E-state index contributed by atoms with van der Waals surface area (Å²) in [5.74, 6) is 1.41. The van der Waals surface area contributed by atoms with Crippen molar-refractivity contribution in [1.29, 1.82) is 0 Å². The summed E-state index contributed by atoms with van der Waals surface area (Å²) in [7, 11) is 0. The number of amides is 1. The molecule has 2 rings (SSSR count). The van der Waals surface area contributed by atoms with Gasteiger partial charge >= 0.3 is 0 Å². The standard InChI is InChI=1S/C17H23N3O/c1-12(2)11-19-16(21)8-9-18-17-13(3)10-14-6-4-5-7-15(14)20-17/h4-7,10,12H,8-9,11H2,1-3H3,(H,18,20)(H,19,21). The molecule has 112 valence electrons. The van der Waals surface area contributed by atoms with Crippen molar-refractivity contribution in [1.82, 2.24) is 10.3 Å². The van der Waals surface area contributed by atoms with Gasteiger partial charge in [-0.1, -0.05) is 32.0 Å². The van der Waals surface area contributed by atoms with Crippen LogP contribution in [0.1, 0.15) is 25.8 Å². The lowest BCUT2D eigenvalue weighted by molar-refractivity contribution is -0.120. The van der Waals surface area contributed by atoms with Crippen molar-refractivity contribution in [3.05, 3.63) is 35.9 Å². The molecule has 0 fully saturated rings. The maximum Gasteiger partial charge on any atom is 0.221 e. The molecule has 1 heterocycles. The van der Waals surface area contributed by atoms with E-state index in [2.05, 4.69) is 41.6 Å². The van der Waals surface area contributed by atoms with E-state index in [4.69, 9.17) is 0 Å². The zero-order valence-electron chi connectivity index (χ0n) is 12.9. The van der Waals surface area contributed by atoms with Crippen molar-refractivity contribution in [2.45, 2.75) is 27.2 Å². The fraction of sp³-hybridized carbons (Fsp3) is 0.412. The Morgan fingerprint density at radius 2 is 2.05 bits per heavy atom. The first-order valence-corrected chi connectivity index (χ1v) is 7.43. The summed E-state index contributed by atoms with van der Waals surface area (Å²) in [6, 6.07) is 10.2. The van der Waals surface area contributed by atoms with Crippen LogP contribution in [-0.4, -0.2) is 24.0 Å². The average Bonchev–Trinajstić information content (AvgIpc) is 2.45. The Labute approximate surface area is 126 Å². The number of rotatable bonds is 6. The number of pyridine rings is 1. The van der Waals surface area contributed by atoms with Crippen LogP contribution in [0, 0.1) is 12.8 Å². The highest BCUT2D eigenvalue weighted by atomic mass is 16.1. The van der Waals surface area contributed by atoms with Gasteiger partial charge in [0.15, 0.2) is 0 Å². The molecule has 0 radical (unpaired) electrons. The van der Waals surface area contributed by atoms with E-state index in [0.717, 1.165) is 28.8 Å². The molecule has 2 aromatic rings. The summed E-state index contributed by atoms with van der Waals surface area (Å²) in [5, 5.41) is 7.30. The van der Waals surface area contributed by atoms with Gasteiger partial charge in [0.25, 0.3) is 0 Å². The van der Waals surface area contributed by atoms with Crippen molar-refractivity contribution >= 4 is 22.6 Å². The summed E-state index contributed by atoms with van der Waals surface area (Å²) in [6.07, 6.45) is 0.459. The van der Waals surface area contributed by atoms with E-state index in [-0.39, 0.29) is 5.91 Å². The number of fused-ring (bicyclic) bond motifs is 1. The minimum atomic E-state index is 0.0784. The first-order chi connectivity index (χ1) is 10.1. The monoisotopic (exact) mass is 285 g/mol. The van der Waals surface area contributed by atoms with Crippen molar-refractivity contribution in [3.8, 4) is 0 Å². The molecule has 0 aliphatic carbocycles. The quantitative estimate of drug-likeness (QED) is 0.857. The molecule has 0 bridgehead atoms. The van der Waals surface area contributed by atoms with E-state index >= 15 is 0 Å². The minimum Gasteiger partial charge on any atom is -0.369 e. The Morgan fingerprint density at radius 3 is 2.81 bits per heavy atom. The van der Waals surface area contributed by atoms with Crippen molar-refractivity contribution < 1.29 is 4.79 Å². The van der Waals surface area contributed by atoms with Crippen LogP contribution >= 0.6 is 0 Å². The van der Waals surface area contributed by atoms with Crippen LogP contribution in [-0.2, 0) is 4.79 Å². The molecule has 1 amide bonds. The summed E-state index contributed by atoms with van der Waals surface area (Å²) < 4.78 is 0. The van der Waals surface area contributed by atoms with Crippen LogP contribution in [0.2, 0.25) is 0 Å². The third-order valence-corrected chi connectivity index (χ3v) is 3.27. The number of aryl methyl sites for hydroxylation is 1. The fourth-order valence-corrected chi connectivity index (χ4v) is 2.10. The molecule has 4 heteroatoms. The minimum absolute atomic E-state index is 0.0784. The number of hydrogen-bond acceptors (Lipinski definition) is 3. The lowest BCUT2D eigenvalue weighted by Crippen LogP contribution is -2.28. The number of carbonyl (C=O) groups excluding carboxylic acids is 1. The number of aromatic nitrogens is 1. The highest BCUT2D eigenvalue weighted by Crippen LogP contribution is 2.19. The molecule has 0 aliphatic rings. The number of hydrogen-bond donors (Lipinski definition) is 2. The number of carbonyl (C=O) groups is 1. The van der Waals surface area contributed by atoms with E-state index in [1.165, 1.54) is 0 Å². The summed E-state index contributed by atoms with van der Waals surface area (Å²) >= 11 is 0. The molecule has 21 heavy (non-hydrogen) atoms. The molecule has 0 saturated heterocycles. The molecule has 0 saturated carbocycles. The second kappa shape index (κ2) is 7.07. The molecule has 0 unspecified atom stereocenters. The summed E-state index contributed by atoms with van der Waals surface area (Å²) in [6.45, 7) is 7.52. The SMILES string of the molecule is Cc1cc2ccccc2nc1NCCC(=O)NCC(C)C. The van der Waals surface area contributed by atoms with Crippen molar-refractivity contribution in [2.24, 2.45) is 5.92 Å². The van der Waals surface area contributed by atoms with Crippen LogP contribution in [0.5, 0.6) is 0 Å². The van der Waals surface area contributed by atoms with Gasteiger partial charge in [0, 0.05) is 24.9 Å². The zero-order chi connectivity index (χ0) is 15.2. The third-order valence-electron chi connectivity index (χ3n) is 3.27. The molecular formula is C17H23N3O. The van der Waals surface area contributed by atoms with Crippen LogP contribution in [0.4, 0.5) is 5.82 Å². The fourth-order valence-electron chi connectivity index (χ4n) is 2.10. The largest absolute Gasteiger partial charge is 0.369 e. The van der Waals surface area contributed by atoms with Crippen LogP contribution in [0.15, 0.2) is 30.3 Å². The lowest BCUT2D eigenvalue weighted by Gasteiger charge is -2.11. The normalized spacial score (nSPS) is 10.9. The second-order valence-corrected chi connectivity index (χ2v) is 5.72. The Kier molecular flexibility index (Phi) is 5.14. The first-order valence-electron chi connectivity index (χ1n) is 7.43. The Morgan fingerprint density at radius 1 is 1.29 bits per heavy atom. The van der Waals surface area contributed by atoms with Gasteiger partial charge < -0.3 is 10.6 Å². The molecule has 1 aromatic heterocycles. The predicted octanol–water partition coefficient (Wildman–Crippen LogP) is 3.12. The molecule has 0 spiro atoms. The second-order valence-electron chi connectivity index (χ2n) is 5.72. The van der Waals surface area contributed by atoms with Gasteiger partial charge in [-0.3, -0.25) is 4.79 Å². The summed E-state index contributed by atoms with van der Waals surface area (Å²) in [5.41, 5.74) is 2.06. The molecule has 0 aliphatic heterocycles. The van der Waals surface area contributed by atoms with E-state index in [0.29, 0.717) is 18.9 Å². The third kappa shape index (κ3) is 4.45. The Bertz CT molecular complexity index is 622. The molecule has 1 aromatic carbocycles.